The Morgan fingerprint density at radius 2 is 1.09 bits per heavy atom. The summed E-state index contributed by atoms with van der Waals surface area (Å²) in [6.07, 6.45) is 0.530. The van der Waals surface area contributed by atoms with Crippen LogP contribution in [-0.4, -0.2) is 101 Å². The van der Waals surface area contributed by atoms with Gasteiger partial charge in [0, 0.05) is 13.1 Å². The fourth-order valence-corrected chi connectivity index (χ4v) is 2.64. The molecule has 4 atom stereocenters. The molecule has 0 aliphatic rings. The number of guanidine groups is 2. The van der Waals surface area contributed by atoms with Crippen molar-refractivity contribution in [3.63, 3.8) is 0 Å². The number of aliphatic carboxylic acids is 1. The molecule has 0 fully saturated rings. The van der Waals surface area contributed by atoms with Gasteiger partial charge in [0.15, 0.2) is 11.9 Å². The molecule has 0 aromatic heterocycles. The van der Waals surface area contributed by atoms with Crippen LogP contribution >= 0.6 is 0 Å². The smallest absolute Gasteiger partial charge is 0.328 e. The number of nitrogens with one attached hydrogen (secondary N) is 3. The van der Waals surface area contributed by atoms with Gasteiger partial charge in [0.2, 0.25) is 17.7 Å². The van der Waals surface area contributed by atoms with Crippen LogP contribution < -0.4 is 44.6 Å². The zero-order valence-electron chi connectivity index (χ0n) is 19.2. The highest BCUT2D eigenvalue weighted by atomic mass is 16.4. The zero-order chi connectivity index (χ0) is 27.0. The summed E-state index contributed by atoms with van der Waals surface area (Å²) in [4.78, 5) is 56.4. The van der Waals surface area contributed by atoms with Crippen molar-refractivity contribution in [3.05, 3.63) is 0 Å². The Morgan fingerprint density at radius 1 is 0.686 bits per heavy atom. The van der Waals surface area contributed by atoms with Crippen LogP contribution in [0.4, 0.5) is 0 Å². The molecule has 0 spiro atoms. The van der Waals surface area contributed by atoms with Gasteiger partial charge in [0.05, 0.1) is 13.2 Å². The van der Waals surface area contributed by atoms with Gasteiger partial charge in [0.1, 0.15) is 24.2 Å². The highest BCUT2D eigenvalue weighted by Crippen LogP contribution is 2.04. The first-order valence-electron chi connectivity index (χ1n) is 10.6. The van der Waals surface area contributed by atoms with Crippen molar-refractivity contribution >= 4 is 35.6 Å². The molecule has 0 bridgehead atoms. The Kier molecular flexibility index (Phi) is 15.1. The number of carbonyl (C=O) groups excluding carboxylic acids is 3. The standard InChI is InChI=1S/C18H36N10O7/c19-9(7-29)13(31)26-10(3-1-5-24-17(20)21)14(32)27-11(4-2-6-25-18(22)23)15(33)28-12(8-30)16(34)35/h9-12,29-30H,1-8,19H2,(H,26,31)(H,27,32)(H,28,33)(H,34,35)(H4,20,21,24)(H4,22,23,25). The number of carboxylic acid groups (broad SMARTS) is 1. The minimum Gasteiger partial charge on any atom is -0.480 e. The molecule has 0 aromatic carbocycles. The van der Waals surface area contributed by atoms with Gasteiger partial charge >= 0.3 is 5.97 Å². The van der Waals surface area contributed by atoms with Crippen LogP contribution in [-0.2, 0) is 19.2 Å². The largest absolute Gasteiger partial charge is 0.480 e. The van der Waals surface area contributed by atoms with Crippen LogP contribution in [0.3, 0.4) is 0 Å². The number of aliphatic hydroxyl groups is 2. The van der Waals surface area contributed by atoms with Crippen molar-refractivity contribution in [2.24, 2.45) is 38.7 Å². The van der Waals surface area contributed by atoms with Crippen molar-refractivity contribution in [1.29, 1.82) is 0 Å². The highest BCUT2D eigenvalue weighted by molar-refractivity contribution is 5.94. The molecular weight excluding hydrogens is 468 g/mol. The maximum Gasteiger partial charge on any atom is 0.328 e. The lowest BCUT2D eigenvalue weighted by Crippen LogP contribution is -2.57. The van der Waals surface area contributed by atoms with Gasteiger partial charge in [0.25, 0.3) is 0 Å². The Balaban J connectivity index is 5.56. The minimum atomic E-state index is -1.60. The molecule has 16 N–H and O–H groups in total. The lowest BCUT2D eigenvalue weighted by Gasteiger charge is -2.24. The lowest BCUT2D eigenvalue weighted by atomic mass is 10.1. The van der Waals surface area contributed by atoms with Crippen LogP contribution in [0.5, 0.6) is 0 Å². The second-order valence-electron chi connectivity index (χ2n) is 7.39. The number of carbonyl (C=O) groups is 4. The number of rotatable bonds is 17. The molecule has 0 aliphatic carbocycles. The van der Waals surface area contributed by atoms with Crippen molar-refractivity contribution in [1.82, 2.24) is 16.0 Å². The fraction of sp³-hybridized carbons (Fsp3) is 0.667. The normalized spacial score (nSPS) is 13.9. The molecule has 0 radical (unpaired) electrons. The molecule has 200 valence electrons. The van der Waals surface area contributed by atoms with Gasteiger partial charge in [-0.05, 0) is 25.7 Å². The van der Waals surface area contributed by atoms with Gasteiger partial charge < -0.3 is 59.9 Å². The van der Waals surface area contributed by atoms with E-state index in [4.69, 9.17) is 44.0 Å². The van der Waals surface area contributed by atoms with E-state index in [1.807, 2.05) is 0 Å². The molecule has 3 amide bonds. The van der Waals surface area contributed by atoms with Gasteiger partial charge in [-0.25, -0.2) is 4.79 Å². The van der Waals surface area contributed by atoms with E-state index >= 15 is 0 Å². The third kappa shape index (κ3) is 13.6. The van der Waals surface area contributed by atoms with Gasteiger partial charge in [-0.2, -0.15) is 0 Å². The summed E-state index contributed by atoms with van der Waals surface area (Å²) in [7, 11) is 0. The average Bonchev–Trinajstić information content (AvgIpc) is 2.79. The molecule has 17 heteroatoms. The summed E-state index contributed by atoms with van der Waals surface area (Å²) < 4.78 is 0. The Labute approximate surface area is 201 Å². The SMILES string of the molecule is NC(N)=NCCCC(NC(=O)C(N)CO)C(=O)NC(CCCN=C(N)N)C(=O)NC(CO)C(=O)O. The summed E-state index contributed by atoms with van der Waals surface area (Å²) in [5, 5.41) is 34.3. The van der Waals surface area contributed by atoms with E-state index in [1.165, 1.54) is 0 Å². The fourth-order valence-electron chi connectivity index (χ4n) is 2.64. The quantitative estimate of drug-likeness (QED) is 0.0500. The molecule has 0 aliphatic heterocycles. The summed E-state index contributed by atoms with van der Waals surface area (Å²) >= 11 is 0. The second-order valence-corrected chi connectivity index (χ2v) is 7.39. The molecule has 0 saturated carbocycles. The first-order chi connectivity index (χ1) is 16.4. The number of nitrogens with two attached hydrogens (primary N) is 5. The van der Waals surface area contributed by atoms with Gasteiger partial charge in [-0.15, -0.1) is 0 Å². The molecule has 17 nitrogen and oxygen atoms in total. The second kappa shape index (κ2) is 16.8. The number of hydrogen-bond acceptors (Lipinski definition) is 9. The molecule has 4 unspecified atom stereocenters. The van der Waals surface area contributed by atoms with E-state index in [0.29, 0.717) is 0 Å². The number of hydrogen-bond donors (Lipinski definition) is 11. The maximum atomic E-state index is 12.9. The van der Waals surface area contributed by atoms with E-state index < -0.39 is 61.1 Å². The van der Waals surface area contributed by atoms with E-state index in [9.17, 15) is 19.2 Å². The van der Waals surface area contributed by atoms with Crippen LogP contribution in [0.25, 0.3) is 0 Å². The van der Waals surface area contributed by atoms with E-state index in [1.54, 1.807) is 0 Å². The van der Waals surface area contributed by atoms with Crippen molar-refractivity contribution in [3.8, 4) is 0 Å². The van der Waals surface area contributed by atoms with Crippen LogP contribution in [0, 0.1) is 0 Å². The number of amides is 3. The van der Waals surface area contributed by atoms with Crippen molar-refractivity contribution < 1.29 is 34.5 Å². The first kappa shape index (κ1) is 31.3. The third-order valence-corrected chi connectivity index (χ3v) is 4.49. The number of aliphatic hydroxyl groups excluding tert-OH is 2. The van der Waals surface area contributed by atoms with Crippen molar-refractivity contribution in [2.75, 3.05) is 26.3 Å². The summed E-state index contributed by atoms with van der Waals surface area (Å²) in [6.45, 7) is -1.28. The van der Waals surface area contributed by atoms with E-state index in [0.717, 1.165) is 0 Å². The predicted octanol–water partition coefficient (Wildman–Crippen LogP) is -6.06. The molecule has 35 heavy (non-hydrogen) atoms. The van der Waals surface area contributed by atoms with E-state index in [2.05, 4.69) is 25.9 Å². The Morgan fingerprint density at radius 3 is 1.43 bits per heavy atom. The average molecular weight is 505 g/mol. The summed E-state index contributed by atoms with van der Waals surface area (Å²) in [5.41, 5.74) is 26.5. The predicted molar refractivity (Wildman–Crippen MR) is 125 cm³/mol. The molecule has 0 rings (SSSR count). The minimum absolute atomic E-state index is 0.00303. The Hall–Kier alpha value is -3.70. The monoisotopic (exact) mass is 504 g/mol. The highest BCUT2D eigenvalue weighted by Gasteiger charge is 2.29. The third-order valence-electron chi connectivity index (χ3n) is 4.49. The molecule has 0 heterocycles. The molecule has 0 aromatic rings. The first-order valence-corrected chi connectivity index (χ1v) is 10.6. The van der Waals surface area contributed by atoms with Gasteiger partial charge in [-0.1, -0.05) is 0 Å². The van der Waals surface area contributed by atoms with Crippen LogP contribution in [0.15, 0.2) is 9.98 Å². The zero-order valence-corrected chi connectivity index (χ0v) is 19.2. The number of carboxylic acids is 1. The van der Waals surface area contributed by atoms with E-state index in [-0.39, 0.29) is 50.7 Å². The molecule has 0 saturated heterocycles. The van der Waals surface area contributed by atoms with Gasteiger partial charge in [-0.3, -0.25) is 24.4 Å². The maximum absolute atomic E-state index is 12.9. The number of aliphatic imine (C=N–C) groups is 2. The summed E-state index contributed by atoms with van der Waals surface area (Å²) in [6, 6.07) is -5.33. The van der Waals surface area contributed by atoms with Crippen LogP contribution in [0.1, 0.15) is 25.7 Å². The number of nitrogens with zero attached hydrogens (tertiary/aromatic N) is 2. The topological polar surface area (TPSA) is 320 Å². The van der Waals surface area contributed by atoms with Crippen LogP contribution in [0.2, 0.25) is 0 Å². The Bertz CT molecular complexity index is 769. The molecular formula is C18H36N10O7. The summed E-state index contributed by atoms with van der Waals surface area (Å²) in [5.74, 6) is -4.30. The lowest BCUT2D eigenvalue weighted by molar-refractivity contribution is -0.143. The van der Waals surface area contributed by atoms with Crippen molar-refractivity contribution in [2.45, 2.75) is 49.9 Å².